The predicted octanol–water partition coefficient (Wildman–Crippen LogP) is 1.42. The van der Waals surface area contributed by atoms with Crippen molar-refractivity contribution < 1.29 is 18.7 Å². The number of nitrogens with one attached hydrogen (secondary N) is 3. The summed E-state index contributed by atoms with van der Waals surface area (Å²) in [7, 11) is 1.69. The van der Waals surface area contributed by atoms with E-state index in [0.717, 1.165) is 18.7 Å². The highest BCUT2D eigenvalue weighted by Gasteiger charge is 2.35. The number of amides is 2. The smallest absolute Gasteiger partial charge is 0.272 e. The van der Waals surface area contributed by atoms with E-state index in [2.05, 4.69) is 20.9 Å². The zero-order valence-corrected chi connectivity index (χ0v) is 16.1. The van der Waals surface area contributed by atoms with E-state index in [1.54, 1.807) is 37.6 Å². The SMILES string of the molecule is COC1CN(C2NC(C(=O)Nc3c(C)cccc3C(=O)NCCF)=CS2)C1. The molecule has 2 amide bonds. The minimum atomic E-state index is -0.644. The molecular weight excluding hydrogens is 371 g/mol. The summed E-state index contributed by atoms with van der Waals surface area (Å²) in [5.41, 5.74) is 1.94. The Morgan fingerprint density at radius 1 is 1.37 bits per heavy atom. The molecule has 0 bridgehead atoms. The molecule has 27 heavy (non-hydrogen) atoms. The van der Waals surface area contributed by atoms with Crippen LogP contribution in [0, 0.1) is 6.92 Å². The van der Waals surface area contributed by atoms with Gasteiger partial charge in [-0.15, -0.1) is 0 Å². The van der Waals surface area contributed by atoms with Crippen molar-refractivity contribution in [2.75, 3.05) is 38.7 Å². The molecule has 9 heteroatoms. The monoisotopic (exact) mass is 394 g/mol. The number of halogens is 1. The van der Waals surface area contributed by atoms with Crippen molar-refractivity contribution in [2.24, 2.45) is 0 Å². The Balaban J connectivity index is 1.64. The topological polar surface area (TPSA) is 82.7 Å². The van der Waals surface area contributed by atoms with Gasteiger partial charge in [-0.3, -0.25) is 14.5 Å². The van der Waals surface area contributed by atoms with Gasteiger partial charge in [-0.1, -0.05) is 23.9 Å². The molecule has 0 aliphatic carbocycles. The van der Waals surface area contributed by atoms with Crippen LogP contribution in [0.5, 0.6) is 0 Å². The fourth-order valence-corrected chi connectivity index (χ4v) is 3.88. The first-order valence-corrected chi connectivity index (χ1v) is 9.62. The lowest BCUT2D eigenvalue weighted by atomic mass is 10.1. The number of rotatable bonds is 7. The number of benzene rings is 1. The van der Waals surface area contributed by atoms with E-state index < -0.39 is 12.6 Å². The number of anilines is 1. The lowest BCUT2D eigenvalue weighted by molar-refractivity contribution is -0.113. The Bertz CT molecular complexity index is 752. The zero-order valence-electron chi connectivity index (χ0n) is 15.3. The Kier molecular flexibility index (Phi) is 6.35. The summed E-state index contributed by atoms with van der Waals surface area (Å²) in [5, 5.41) is 10.3. The van der Waals surface area contributed by atoms with E-state index in [4.69, 9.17) is 4.74 Å². The first kappa shape index (κ1) is 19.7. The first-order valence-electron chi connectivity index (χ1n) is 8.67. The van der Waals surface area contributed by atoms with Crippen LogP contribution in [0.1, 0.15) is 15.9 Å². The molecule has 7 nitrogen and oxygen atoms in total. The van der Waals surface area contributed by atoms with Crippen LogP contribution < -0.4 is 16.0 Å². The summed E-state index contributed by atoms with van der Waals surface area (Å²) in [5.74, 6) is -0.735. The molecule has 0 aromatic heterocycles. The van der Waals surface area contributed by atoms with Gasteiger partial charge in [-0.25, -0.2) is 4.39 Å². The second-order valence-corrected chi connectivity index (χ2v) is 7.33. The molecule has 2 aliphatic heterocycles. The molecule has 146 valence electrons. The fraction of sp³-hybridized carbons (Fsp3) is 0.444. The average molecular weight is 394 g/mol. The lowest BCUT2D eigenvalue weighted by Gasteiger charge is -2.41. The maximum Gasteiger partial charge on any atom is 0.272 e. The number of aryl methyl sites for hydroxylation is 1. The summed E-state index contributed by atoms with van der Waals surface area (Å²) >= 11 is 1.53. The molecule has 0 saturated carbocycles. The number of hydrogen-bond donors (Lipinski definition) is 3. The molecule has 1 unspecified atom stereocenters. The van der Waals surface area contributed by atoms with Gasteiger partial charge in [0, 0.05) is 32.2 Å². The number of para-hydroxylation sites is 1. The van der Waals surface area contributed by atoms with E-state index in [1.165, 1.54) is 11.8 Å². The van der Waals surface area contributed by atoms with E-state index in [-0.39, 0.29) is 24.1 Å². The van der Waals surface area contributed by atoms with Crippen LogP contribution in [0.4, 0.5) is 10.1 Å². The Morgan fingerprint density at radius 3 is 2.85 bits per heavy atom. The van der Waals surface area contributed by atoms with Crippen LogP contribution in [0.3, 0.4) is 0 Å². The van der Waals surface area contributed by atoms with Crippen LogP contribution in [0.2, 0.25) is 0 Å². The Hall–Kier alpha value is -2.10. The van der Waals surface area contributed by atoms with Crippen molar-refractivity contribution in [1.82, 2.24) is 15.5 Å². The highest BCUT2D eigenvalue weighted by Crippen LogP contribution is 2.29. The Morgan fingerprint density at radius 2 is 2.15 bits per heavy atom. The van der Waals surface area contributed by atoms with Crippen molar-refractivity contribution in [3.8, 4) is 0 Å². The van der Waals surface area contributed by atoms with Gasteiger partial charge >= 0.3 is 0 Å². The number of alkyl halides is 1. The summed E-state index contributed by atoms with van der Waals surface area (Å²) in [6, 6.07) is 5.14. The number of likely N-dealkylation sites (tertiary alicyclic amines) is 1. The molecular formula is C18H23FN4O3S. The number of hydrogen-bond acceptors (Lipinski definition) is 6. The average Bonchev–Trinajstić information content (AvgIpc) is 3.10. The van der Waals surface area contributed by atoms with Crippen LogP contribution in [0.15, 0.2) is 29.3 Å². The van der Waals surface area contributed by atoms with Gasteiger partial charge in [0.1, 0.15) is 17.9 Å². The van der Waals surface area contributed by atoms with Crippen molar-refractivity contribution in [1.29, 1.82) is 0 Å². The number of carbonyl (C=O) groups is 2. The lowest BCUT2D eigenvalue weighted by Crippen LogP contribution is -2.58. The van der Waals surface area contributed by atoms with Crippen LogP contribution >= 0.6 is 11.8 Å². The van der Waals surface area contributed by atoms with E-state index in [9.17, 15) is 14.0 Å². The number of nitrogens with zero attached hydrogens (tertiary/aromatic N) is 1. The quantitative estimate of drug-likeness (QED) is 0.649. The summed E-state index contributed by atoms with van der Waals surface area (Å²) in [6.07, 6.45) is 0.239. The van der Waals surface area contributed by atoms with Crippen molar-refractivity contribution in [2.45, 2.75) is 18.5 Å². The van der Waals surface area contributed by atoms with Gasteiger partial charge in [-0.2, -0.15) is 0 Å². The zero-order chi connectivity index (χ0) is 19.4. The highest BCUT2D eigenvalue weighted by atomic mass is 32.2. The number of methoxy groups -OCH3 is 1. The molecule has 2 aliphatic rings. The van der Waals surface area contributed by atoms with Gasteiger partial charge in [-0.05, 0) is 18.6 Å². The molecule has 1 aromatic rings. The summed E-state index contributed by atoms with van der Waals surface area (Å²) < 4.78 is 17.6. The van der Waals surface area contributed by atoms with Crippen molar-refractivity contribution >= 4 is 29.3 Å². The standard InChI is InChI=1S/C18H23FN4O3S/c1-11-4-3-5-13(16(24)20-7-6-19)15(11)22-17(25)14-10-27-18(21-14)23-8-12(9-23)26-2/h3-5,10,12,18,21H,6-9H2,1-2H3,(H,20,24)(H,22,25). The third-order valence-corrected chi connectivity index (χ3v) is 5.56. The number of carbonyl (C=O) groups excluding carboxylic acids is 2. The predicted molar refractivity (Wildman–Crippen MR) is 103 cm³/mol. The van der Waals surface area contributed by atoms with Gasteiger partial charge in [0.15, 0.2) is 0 Å². The summed E-state index contributed by atoms with van der Waals surface area (Å²) in [4.78, 5) is 27.1. The largest absolute Gasteiger partial charge is 0.379 e. The molecule has 1 fully saturated rings. The van der Waals surface area contributed by atoms with Crippen molar-refractivity contribution in [3.63, 3.8) is 0 Å². The molecule has 3 rings (SSSR count). The minimum Gasteiger partial charge on any atom is -0.379 e. The Labute approximate surface area is 161 Å². The molecule has 0 radical (unpaired) electrons. The third-order valence-electron chi connectivity index (χ3n) is 4.52. The van der Waals surface area contributed by atoms with E-state index >= 15 is 0 Å². The van der Waals surface area contributed by atoms with Crippen LogP contribution in [0.25, 0.3) is 0 Å². The van der Waals surface area contributed by atoms with Gasteiger partial charge in [0.25, 0.3) is 11.8 Å². The third kappa shape index (κ3) is 4.42. The van der Waals surface area contributed by atoms with Crippen molar-refractivity contribution in [3.05, 3.63) is 40.4 Å². The maximum atomic E-state index is 12.7. The van der Waals surface area contributed by atoms with Crippen LogP contribution in [-0.2, 0) is 9.53 Å². The molecule has 3 N–H and O–H groups in total. The molecule has 2 heterocycles. The fourth-order valence-electron chi connectivity index (χ4n) is 2.90. The molecule has 1 aromatic carbocycles. The van der Waals surface area contributed by atoms with E-state index in [1.807, 2.05) is 0 Å². The molecule has 1 saturated heterocycles. The number of thioether (sulfide) groups is 1. The molecule has 0 spiro atoms. The minimum absolute atomic E-state index is 0.00124. The first-order chi connectivity index (χ1) is 13.0. The second-order valence-electron chi connectivity index (χ2n) is 6.37. The molecule has 1 atom stereocenters. The maximum absolute atomic E-state index is 12.7. The number of ether oxygens (including phenoxy) is 1. The van der Waals surface area contributed by atoms with Gasteiger partial charge < -0.3 is 20.7 Å². The normalized spacial score (nSPS) is 19.8. The highest BCUT2D eigenvalue weighted by molar-refractivity contribution is 8.02. The second kappa shape index (κ2) is 8.73. The van der Waals surface area contributed by atoms with Gasteiger partial charge in [0.05, 0.1) is 17.4 Å². The van der Waals surface area contributed by atoms with E-state index in [0.29, 0.717) is 16.9 Å². The summed E-state index contributed by atoms with van der Waals surface area (Å²) in [6.45, 7) is 2.74. The van der Waals surface area contributed by atoms with Crippen LogP contribution in [-0.4, -0.2) is 61.7 Å². The van der Waals surface area contributed by atoms with Gasteiger partial charge in [0.2, 0.25) is 0 Å².